The van der Waals surface area contributed by atoms with Crippen LogP contribution in [0.15, 0.2) is 22.0 Å². The lowest BCUT2D eigenvalue weighted by Crippen LogP contribution is -2.27. The van der Waals surface area contributed by atoms with Gasteiger partial charge in [0.05, 0.1) is 12.0 Å². The van der Waals surface area contributed by atoms with Crippen molar-refractivity contribution in [3.05, 3.63) is 11.8 Å². The summed E-state index contributed by atoms with van der Waals surface area (Å²) in [5.41, 5.74) is 0.0319. The van der Waals surface area contributed by atoms with Gasteiger partial charge in [0, 0.05) is 6.20 Å². The number of hydrogen-bond donors (Lipinski definition) is 1. The van der Waals surface area contributed by atoms with Crippen molar-refractivity contribution in [3.8, 4) is 0 Å². The molecule has 0 atom stereocenters. The zero-order valence-corrected chi connectivity index (χ0v) is 7.24. The fraction of sp³-hybridized carbons (Fsp3) is 0.625. The molecule has 0 saturated carbocycles. The molecule has 4 nitrogen and oxygen atoms in total. The van der Waals surface area contributed by atoms with Crippen molar-refractivity contribution in [2.45, 2.75) is 20.3 Å². The molecule has 0 unspecified atom stereocenters. The Kier molecular flexibility index (Phi) is 2.26. The van der Waals surface area contributed by atoms with Gasteiger partial charge in [-0.3, -0.25) is 4.79 Å². The minimum absolute atomic E-state index is 0.600. The molecule has 0 aromatic rings. The highest BCUT2D eigenvalue weighted by molar-refractivity contribution is 5.77. The highest BCUT2D eigenvalue weighted by Crippen LogP contribution is 2.30. The first kappa shape index (κ1) is 8.90. The van der Waals surface area contributed by atoms with Crippen LogP contribution >= 0.6 is 0 Å². The number of rotatable bonds is 2. The topological polar surface area (TPSA) is 62.0 Å². The molecule has 4 heteroatoms. The first-order chi connectivity index (χ1) is 5.55. The van der Waals surface area contributed by atoms with Gasteiger partial charge in [-0.05, 0) is 25.8 Å². The van der Waals surface area contributed by atoms with Crippen LogP contribution in [0.4, 0.5) is 0 Å². The van der Waals surface area contributed by atoms with Crippen molar-refractivity contribution < 1.29 is 9.90 Å². The van der Waals surface area contributed by atoms with Crippen molar-refractivity contribution in [1.82, 2.24) is 0 Å². The molecule has 1 aliphatic heterocycles. The monoisotopic (exact) mass is 168 g/mol. The minimum atomic E-state index is -0.814. The van der Waals surface area contributed by atoms with Crippen LogP contribution in [-0.2, 0) is 4.79 Å². The molecule has 0 fully saturated rings. The second kappa shape index (κ2) is 3.05. The summed E-state index contributed by atoms with van der Waals surface area (Å²) in [5, 5.41) is 16.3. The Morgan fingerprint density at radius 2 is 2.33 bits per heavy atom. The fourth-order valence-electron chi connectivity index (χ4n) is 1.01. The van der Waals surface area contributed by atoms with Crippen molar-refractivity contribution in [1.29, 1.82) is 0 Å². The maximum absolute atomic E-state index is 10.8. The van der Waals surface area contributed by atoms with E-state index in [1.54, 1.807) is 20.0 Å². The van der Waals surface area contributed by atoms with Crippen molar-refractivity contribution in [2.75, 3.05) is 6.54 Å². The summed E-state index contributed by atoms with van der Waals surface area (Å²) in [6.45, 7) is 3.96. The van der Waals surface area contributed by atoms with Crippen LogP contribution in [0.25, 0.3) is 0 Å². The average molecular weight is 168 g/mol. The molecule has 1 heterocycles. The molecule has 1 aliphatic rings. The summed E-state index contributed by atoms with van der Waals surface area (Å²) in [5.74, 6) is -0.814. The third-order valence-corrected chi connectivity index (χ3v) is 2.11. The van der Waals surface area contributed by atoms with Crippen LogP contribution in [0.3, 0.4) is 0 Å². The number of hydrogen-bond acceptors (Lipinski definition) is 3. The summed E-state index contributed by atoms with van der Waals surface area (Å²) in [7, 11) is 0. The van der Waals surface area contributed by atoms with Crippen LogP contribution in [-0.4, -0.2) is 17.6 Å². The normalized spacial score (nSPS) is 17.3. The highest BCUT2D eigenvalue weighted by Gasteiger charge is 2.31. The summed E-state index contributed by atoms with van der Waals surface area (Å²) in [6, 6.07) is 0. The van der Waals surface area contributed by atoms with Gasteiger partial charge in [-0.15, -0.1) is 0 Å². The lowest BCUT2D eigenvalue weighted by Gasteiger charge is -2.23. The quantitative estimate of drug-likeness (QED) is 0.683. The summed E-state index contributed by atoms with van der Waals surface area (Å²) >= 11 is 0. The van der Waals surface area contributed by atoms with E-state index in [1.165, 1.54) is 0 Å². The van der Waals surface area contributed by atoms with E-state index < -0.39 is 11.4 Å². The Morgan fingerprint density at radius 1 is 1.67 bits per heavy atom. The fourth-order valence-corrected chi connectivity index (χ4v) is 1.01. The van der Waals surface area contributed by atoms with Gasteiger partial charge in [0.2, 0.25) is 0 Å². The number of aliphatic carboxylic acids is 1. The van der Waals surface area contributed by atoms with E-state index in [1.807, 2.05) is 0 Å². The molecule has 0 aromatic carbocycles. The van der Waals surface area contributed by atoms with Gasteiger partial charge in [-0.1, -0.05) is 0 Å². The van der Waals surface area contributed by atoms with Crippen LogP contribution in [0.1, 0.15) is 20.3 Å². The van der Waals surface area contributed by atoms with E-state index in [4.69, 9.17) is 5.11 Å². The van der Waals surface area contributed by atoms with Crippen molar-refractivity contribution in [2.24, 2.45) is 15.6 Å². The largest absolute Gasteiger partial charge is 0.481 e. The molecule has 0 spiro atoms. The number of carboxylic acid groups (broad SMARTS) is 1. The third kappa shape index (κ3) is 1.52. The lowest BCUT2D eigenvalue weighted by atomic mass is 9.83. The maximum Gasteiger partial charge on any atom is 0.313 e. The van der Waals surface area contributed by atoms with E-state index >= 15 is 0 Å². The van der Waals surface area contributed by atoms with Crippen molar-refractivity contribution in [3.63, 3.8) is 0 Å². The van der Waals surface area contributed by atoms with E-state index in [0.29, 0.717) is 13.0 Å². The standard InChI is InChI=1S/C8H12N2O2/c1-8(2,7(11)12)6-3-4-9-10-5-6/h5H,3-4H2,1-2H3,(H,11,12). The smallest absolute Gasteiger partial charge is 0.313 e. The Balaban J connectivity index is 2.87. The van der Waals surface area contributed by atoms with E-state index in [-0.39, 0.29) is 0 Å². The lowest BCUT2D eigenvalue weighted by molar-refractivity contribution is -0.144. The molecule has 0 saturated heterocycles. The number of nitrogens with zero attached hydrogens (tertiary/aromatic N) is 2. The summed E-state index contributed by atoms with van der Waals surface area (Å²) < 4.78 is 0. The first-order valence-corrected chi connectivity index (χ1v) is 3.84. The molecule has 0 amide bonds. The molecule has 1 rings (SSSR count). The third-order valence-electron chi connectivity index (χ3n) is 2.11. The predicted octanol–water partition coefficient (Wildman–Crippen LogP) is 1.84. The zero-order chi connectivity index (χ0) is 9.19. The summed E-state index contributed by atoms with van der Waals surface area (Å²) in [6.07, 6.45) is 2.25. The van der Waals surface area contributed by atoms with Crippen molar-refractivity contribution >= 4 is 5.97 Å². The van der Waals surface area contributed by atoms with E-state index in [2.05, 4.69) is 10.2 Å². The molecular weight excluding hydrogens is 156 g/mol. The van der Waals surface area contributed by atoms with Crippen LogP contribution < -0.4 is 0 Å². The van der Waals surface area contributed by atoms with Crippen LogP contribution in [0.5, 0.6) is 0 Å². The number of azo groups is 1. The van der Waals surface area contributed by atoms with Gasteiger partial charge >= 0.3 is 5.97 Å². The van der Waals surface area contributed by atoms with Gasteiger partial charge in [-0.25, -0.2) is 0 Å². The van der Waals surface area contributed by atoms with Gasteiger partial charge in [-0.2, -0.15) is 10.2 Å². The minimum Gasteiger partial charge on any atom is -0.481 e. The van der Waals surface area contributed by atoms with Gasteiger partial charge < -0.3 is 5.11 Å². The maximum atomic E-state index is 10.8. The SMILES string of the molecule is CC(C)(C(=O)O)C1=CN=NCC1. The number of carbonyl (C=O) groups is 1. The Morgan fingerprint density at radius 3 is 2.75 bits per heavy atom. The van der Waals surface area contributed by atoms with E-state index in [9.17, 15) is 4.79 Å². The average Bonchev–Trinajstić information content (AvgIpc) is 2.06. The zero-order valence-electron chi connectivity index (χ0n) is 7.24. The molecule has 1 N–H and O–H groups in total. The molecule has 66 valence electrons. The Labute approximate surface area is 71.0 Å². The van der Waals surface area contributed by atoms with Crippen LogP contribution in [0, 0.1) is 5.41 Å². The molecule has 0 aliphatic carbocycles. The first-order valence-electron chi connectivity index (χ1n) is 3.84. The Hall–Kier alpha value is -1.19. The van der Waals surface area contributed by atoms with Gasteiger partial charge in [0.15, 0.2) is 0 Å². The van der Waals surface area contributed by atoms with Crippen LogP contribution in [0.2, 0.25) is 0 Å². The van der Waals surface area contributed by atoms with Gasteiger partial charge in [0.1, 0.15) is 0 Å². The van der Waals surface area contributed by atoms with E-state index in [0.717, 1.165) is 5.57 Å². The Bertz CT molecular complexity index is 254. The molecule has 0 bridgehead atoms. The second-order valence-electron chi connectivity index (χ2n) is 3.31. The molecule has 12 heavy (non-hydrogen) atoms. The molecule has 0 radical (unpaired) electrons. The second-order valence-corrected chi connectivity index (χ2v) is 3.31. The van der Waals surface area contributed by atoms with Gasteiger partial charge in [0.25, 0.3) is 0 Å². The summed E-state index contributed by atoms with van der Waals surface area (Å²) in [4.78, 5) is 10.8. The molecular formula is C8H12N2O2. The number of carboxylic acids is 1. The highest BCUT2D eigenvalue weighted by atomic mass is 16.4. The predicted molar refractivity (Wildman–Crippen MR) is 43.8 cm³/mol. The molecule has 0 aromatic heterocycles.